The Morgan fingerprint density at radius 1 is 0.221 bits per heavy atom. The summed E-state index contributed by atoms with van der Waals surface area (Å²) < 4.78 is 0. The van der Waals surface area contributed by atoms with Crippen LogP contribution in [-0.4, -0.2) is 4.80 Å². The van der Waals surface area contributed by atoms with Crippen LogP contribution in [0.5, 0.6) is 0 Å². The molecule has 0 N–H and O–H groups in total. The van der Waals surface area contributed by atoms with Crippen molar-refractivity contribution in [3.8, 4) is 0 Å². The van der Waals surface area contributed by atoms with Gasteiger partial charge in [0.05, 0.1) is 0 Å². The largest absolute Gasteiger partial charge is 0.0622 e. The minimum Gasteiger partial charge on any atom is -0.0622 e. The standard InChI is InChI=1S/3C18H15P.2C8H12.CHO.2Ir/c3*1-4-10-16(11-5-1)19(17-12-6-2-7-13-17)18-14-8-3-9-15-18;2*1-2-4-6-8-7-5-3-1;1-2;;/h3*1-15H;2*1-2,7-8H,3-6H2;1H;;/q;;;;;;;-1/b;;;2*2-1-,8-7-;;;. The molecule has 2 aliphatic carbocycles. The Bertz CT molecular complexity index is 2340. The van der Waals surface area contributed by atoms with E-state index in [-0.39, 0.29) is 20.1 Å². The predicted molar refractivity (Wildman–Crippen MR) is 336 cm³/mol. The topological polar surface area (TPSA) is 17.1 Å². The van der Waals surface area contributed by atoms with Crippen LogP contribution in [0.4, 0.5) is 0 Å². The Kier molecular flexibility index (Phi) is 31.9. The van der Waals surface area contributed by atoms with E-state index >= 15 is 0 Å². The SMILES string of the molecule is C1=C\CC/C=C\CC/1.C1=C\CC/C=C\CC/1.O=[CH][Ir-].[Ir].c1ccc(P(c2ccccc2)c2ccccc2)cc1.c1ccc(P(c2ccccc2)c2ccccc2)cc1.c1ccc(P(c2ccccc2)c2ccccc2)cc1. The van der Waals surface area contributed by atoms with Gasteiger partial charge in [-0.25, -0.2) is 0 Å². The Morgan fingerprint density at radius 2 is 0.312 bits per heavy atom. The van der Waals surface area contributed by atoms with Gasteiger partial charge in [0, 0.05) is 20.1 Å². The number of allylic oxidation sites excluding steroid dienone is 8. The zero-order valence-electron chi connectivity index (χ0n) is 43.8. The van der Waals surface area contributed by atoms with Crippen molar-refractivity contribution in [2.24, 2.45) is 0 Å². The van der Waals surface area contributed by atoms with Crippen molar-refractivity contribution in [2.75, 3.05) is 0 Å². The third kappa shape index (κ3) is 23.4. The molecule has 2 aliphatic rings. The molecule has 9 aromatic carbocycles. The van der Waals surface area contributed by atoms with Crippen molar-refractivity contribution in [3.63, 3.8) is 0 Å². The van der Waals surface area contributed by atoms with Gasteiger partial charge in [0.1, 0.15) is 0 Å². The molecule has 0 bridgehead atoms. The van der Waals surface area contributed by atoms with Gasteiger partial charge in [0.25, 0.3) is 0 Å². The van der Waals surface area contributed by atoms with Crippen LogP contribution in [0.15, 0.2) is 322 Å². The zero-order valence-corrected chi connectivity index (χ0v) is 51.2. The van der Waals surface area contributed by atoms with E-state index in [0.29, 0.717) is 0 Å². The Labute approximate surface area is 489 Å². The fraction of sp³-hybridized carbons (Fsp3) is 0.113. The minimum absolute atomic E-state index is 0. The third-order valence-corrected chi connectivity index (χ3v) is 19.1. The maximum Gasteiger partial charge on any atom is 0 e. The van der Waals surface area contributed by atoms with Crippen molar-refractivity contribution in [1.29, 1.82) is 0 Å². The quantitative estimate of drug-likeness (QED) is 0.0800. The van der Waals surface area contributed by atoms with Crippen LogP contribution in [0, 0.1) is 0 Å². The molecular weight excluding hydrogens is 1350 g/mol. The molecule has 0 saturated carbocycles. The summed E-state index contributed by atoms with van der Waals surface area (Å²) in [6.45, 7) is 0. The number of hydrogen-bond acceptors (Lipinski definition) is 1. The second-order valence-corrected chi connectivity index (χ2v) is 24.5. The molecule has 394 valence electrons. The van der Waals surface area contributed by atoms with Crippen LogP contribution in [0.25, 0.3) is 0 Å². The Hall–Kier alpha value is -5.80. The molecule has 0 saturated heterocycles. The fourth-order valence-electron chi connectivity index (χ4n) is 8.25. The van der Waals surface area contributed by atoms with Gasteiger partial charge in [-0.3, -0.25) is 0 Å². The van der Waals surface area contributed by atoms with Crippen molar-refractivity contribution in [3.05, 3.63) is 322 Å². The molecule has 9 aromatic rings. The number of carbonyl (C=O) groups excluding carboxylic acids is 1. The first-order chi connectivity index (χ1) is 37.8. The molecule has 0 heterocycles. The van der Waals surface area contributed by atoms with Crippen LogP contribution in [0.2, 0.25) is 0 Å². The van der Waals surface area contributed by atoms with Crippen molar-refractivity contribution in [2.45, 2.75) is 51.4 Å². The zero-order chi connectivity index (χ0) is 52.8. The molecule has 0 amide bonds. The van der Waals surface area contributed by atoms with E-state index in [2.05, 4.69) is 322 Å². The van der Waals surface area contributed by atoms with E-state index in [0.717, 1.165) is 4.80 Å². The van der Waals surface area contributed by atoms with Crippen LogP contribution < -0.4 is 47.7 Å². The molecule has 0 aliphatic heterocycles. The fourth-order valence-corrected chi connectivity index (χ4v) is 15.2. The second kappa shape index (κ2) is 39.5. The molecule has 1 radical (unpaired) electrons. The predicted octanol–water partition coefficient (Wildman–Crippen LogP) is 15.4. The van der Waals surface area contributed by atoms with Gasteiger partial charge >= 0.3 is 28.5 Å². The second-order valence-electron chi connectivity index (χ2n) is 17.3. The normalized spacial score (nSPS) is 13.8. The number of carbonyl (C=O) groups is 1. The molecule has 1 nitrogen and oxygen atoms in total. The summed E-state index contributed by atoms with van der Waals surface area (Å²) in [6, 6.07) is 97.0. The maximum atomic E-state index is 8.81. The first-order valence-electron chi connectivity index (χ1n) is 26.2. The van der Waals surface area contributed by atoms with Gasteiger partial charge < -0.3 is 0 Å². The molecule has 0 unspecified atom stereocenters. The summed E-state index contributed by atoms with van der Waals surface area (Å²) in [5, 5.41) is 12.6. The van der Waals surface area contributed by atoms with E-state index < -0.39 is 23.8 Å². The monoisotopic (exact) mass is 1420 g/mol. The van der Waals surface area contributed by atoms with Gasteiger partial charge in [-0.15, -0.1) is 0 Å². The van der Waals surface area contributed by atoms with Crippen LogP contribution in [0.1, 0.15) is 51.4 Å². The molecule has 0 fully saturated rings. The average Bonchev–Trinajstić information content (AvgIpc) is 3.47. The summed E-state index contributed by atoms with van der Waals surface area (Å²) in [4.78, 5) is 9.56. The van der Waals surface area contributed by atoms with E-state index in [1.807, 2.05) is 0 Å². The summed E-state index contributed by atoms with van der Waals surface area (Å²) in [6.07, 6.45) is 28.0. The Morgan fingerprint density at radius 3 is 0.403 bits per heavy atom. The number of benzene rings is 9. The molecule has 11 rings (SSSR count). The summed E-state index contributed by atoms with van der Waals surface area (Å²) >= 11 is 1.44. The summed E-state index contributed by atoms with van der Waals surface area (Å²) in [5.41, 5.74) is 0. The van der Waals surface area contributed by atoms with Gasteiger partial charge in [-0.1, -0.05) is 322 Å². The summed E-state index contributed by atoms with van der Waals surface area (Å²) in [7, 11) is -1.34. The third-order valence-electron chi connectivity index (χ3n) is 11.8. The van der Waals surface area contributed by atoms with E-state index in [9.17, 15) is 0 Å². The van der Waals surface area contributed by atoms with Gasteiger partial charge in [-0.05, 0) is 123 Å². The van der Waals surface area contributed by atoms with Crippen molar-refractivity contribution < 1.29 is 43.8 Å². The van der Waals surface area contributed by atoms with Crippen LogP contribution >= 0.6 is 23.8 Å². The first kappa shape index (κ1) is 62.0. The van der Waals surface area contributed by atoms with Crippen LogP contribution in [0.3, 0.4) is 0 Å². The van der Waals surface area contributed by atoms with E-state index in [1.54, 1.807) is 0 Å². The first-order valence-corrected chi connectivity index (χ1v) is 31.6. The van der Waals surface area contributed by atoms with Gasteiger partial charge in [-0.2, -0.15) is 0 Å². The van der Waals surface area contributed by atoms with Gasteiger partial charge in [0.2, 0.25) is 0 Å². The van der Waals surface area contributed by atoms with Gasteiger partial charge in [0.15, 0.2) is 0 Å². The molecule has 0 spiro atoms. The van der Waals surface area contributed by atoms with E-state index in [1.165, 1.54) is 118 Å². The van der Waals surface area contributed by atoms with Crippen LogP contribution in [-0.2, 0) is 43.8 Å². The molecule has 0 aromatic heterocycles. The van der Waals surface area contributed by atoms with Crippen molar-refractivity contribution in [1.82, 2.24) is 0 Å². The molecule has 0 atom stereocenters. The maximum absolute atomic E-state index is 8.81. The average molecular weight is 1420 g/mol. The molecule has 6 heteroatoms. The smallest absolute Gasteiger partial charge is 0 e. The van der Waals surface area contributed by atoms with Crippen molar-refractivity contribution >= 4 is 76.3 Å². The molecular formula is C71H70Ir2OP3-. The minimum atomic E-state index is -0.446. The number of hydrogen-bond donors (Lipinski definition) is 0. The molecule has 77 heavy (non-hydrogen) atoms. The summed E-state index contributed by atoms with van der Waals surface area (Å²) in [5.74, 6) is 0. The van der Waals surface area contributed by atoms with E-state index in [4.69, 9.17) is 4.79 Å². The number of rotatable bonds is 9. The Balaban J connectivity index is 0.000000182.